The summed E-state index contributed by atoms with van der Waals surface area (Å²) in [5.41, 5.74) is 0.597. The Morgan fingerprint density at radius 3 is 3.21 bits per heavy atom. The molecule has 2 rings (SSSR count). The molecule has 1 amide bonds. The van der Waals surface area contributed by atoms with Crippen molar-refractivity contribution in [2.75, 3.05) is 13.2 Å². The van der Waals surface area contributed by atoms with Crippen molar-refractivity contribution in [3.8, 4) is 0 Å². The van der Waals surface area contributed by atoms with Gasteiger partial charge in [0.1, 0.15) is 0 Å². The van der Waals surface area contributed by atoms with Crippen LogP contribution >= 0.6 is 0 Å². The minimum absolute atomic E-state index is 0.0754. The summed E-state index contributed by atoms with van der Waals surface area (Å²) in [6, 6.07) is 0.155. The second-order valence-electron chi connectivity index (χ2n) is 3.44. The number of nitrogens with zero attached hydrogens (tertiary/aromatic N) is 2. The quantitative estimate of drug-likeness (QED) is 0.719. The Balaban J connectivity index is 1.95. The van der Waals surface area contributed by atoms with E-state index in [1.807, 2.05) is 0 Å². The van der Waals surface area contributed by atoms with Crippen LogP contribution in [-0.2, 0) is 11.8 Å². The van der Waals surface area contributed by atoms with E-state index in [2.05, 4.69) is 10.4 Å². The van der Waals surface area contributed by atoms with Crippen LogP contribution < -0.4 is 5.32 Å². The third kappa shape index (κ3) is 1.93. The van der Waals surface area contributed by atoms with Gasteiger partial charge in [-0.15, -0.1) is 0 Å². The van der Waals surface area contributed by atoms with Crippen molar-refractivity contribution < 1.29 is 9.53 Å². The highest BCUT2D eigenvalue weighted by Gasteiger charge is 2.18. The molecule has 2 heterocycles. The maximum Gasteiger partial charge on any atom is 0.254 e. The molecule has 5 heteroatoms. The van der Waals surface area contributed by atoms with E-state index >= 15 is 0 Å². The summed E-state index contributed by atoms with van der Waals surface area (Å²) in [6.45, 7) is 1.35. The Hall–Kier alpha value is -1.36. The van der Waals surface area contributed by atoms with Crippen LogP contribution in [0.25, 0.3) is 0 Å². The molecule has 0 radical (unpaired) electrons. The van der Waals surface area contributed by atoms with Gasteiger partial charge in [0.25, 0.3) is 5.91 Å². The number of aromatic nitrogens is 2. The van der Waals surface area contributed by atoms with Gasteiger partial charge < -0.3 is 10.1 Å². The average Bonchev–Trinajstić information content (AvgIpc) is 2.75. The van der Waals surface area contributed by atoms with Crippen LogP contribution in [0.4, 0.5) is 0 Å². The lowest BCUT2D eigenvalue weighted by atomic mass is 10.2. The van der Waals surface area contributed by atoms with Crippen LogP contribution in [0.2, 0.25) is 0 Å². The van der Waals surface area contributed by atoms with Crippen LogP contribution in [0.5, 0.6) is 0 Å². The summed E-state index contributed by atoms with van der Waals surface area (Å²) in [5.74, 6) is -0.0754. The second-order valence-corrected chi connectivity index (χ2v) is 3.44. The van der Waals surface area contributed by atoms with Gasteiger partial charge in [-0.3, -0.25) is 9.48 Å². The maximum atomic E-state index is 11.6. The van der Waals surface area contributed by atoms with Gasteiger partial charge in [0.05, 0.1) is 24.4 Å². The van der Waals surface area contributed by atoms with Crippen molar-refractivity contribution in [3.63, 3.8) is 0 Å². The standard InChI is InChI=1S/C9H13N3O2/c1-12-5-7(4-10-12)9(13)11-8-2-3-14-6-8/h4-5,8H,2-3,6H2,1H3,(H,11,13). The van der Waals surface area contributed by atoms with Crippen molar-refractivity contribution >= 4 is 5.91 Å². The van der Waals surface area contributed by atoms with E-state index in [0.717, 1.165) is 13.0 Å². The molecule has 0 saturated carbocycles. The van der Waals surface area contributed by atoms with E-state index in [9.17, 15) is 4.79 Å². The molecule has 1 N–H and O–H groups in total. The normalized spacial score (nSPS) is 21.1. The van der Waals surface area contributed by atoms with E-state index in [4.69, 9.17) is 4.74 Å². The number of hydrogen-bond acceptors (Lipinski definition) is 3. The van der Waals surface area contributed by atoms with Gasteiger partial charge in [-0.1, -0.05) is 0 Å². The highest BCUT2D eigenvalue weighted by atomic mass is 16.5. The number of ether oxygens (including phenoxy) is 1. The maximum absolute atomic E-state index is 11.6. The molecular weight excluding hydrogens is 182 g/mol. The Labute approximate surface area is 82.0 Å². The van der Waals surface area contributed by atoms with Gasteiger partial charge >= 0.3 is 0 Å². The summed E-state index contributed by atoms with van der Waals surface area (Å²) in [4.78, 5) is 11.6. The molecule has 1 atom stereocenters. The van der Waals surface area contributed by atoms with Gasteiger partial charge in [0.2, 0.25) is 0 Å². The third-order valence-corrected chi connectivity index (χ3v) is 2.23. The molecule has 1 aromatic rings. The summed E-state index contributed by atoms with van der Waals surface area (Å²) < 4.78 is 6.77. The van der Waals surface area contributed by atoms with E-state index < -0.39 is 0 Å². The lowest BCUT2D eigenvalue weighted by molar-refractivity contribution is 0.0930. The van der Waals surface area contributed by atoms with Crippen LogP contribution in [0, 0.1) is 0 Å². The van der Waals surface area contributed by atoms with E-state index in [-0.39, 0.29) is 11.9 Å². The Morgan fingerprint density at radius 2 is 2.64 bits per heavy atom. The van der Waals surface area contributed by atoms with Crippen molar-refractivity contribution in [2.45, 2.75) is 12.5 Å². The first-order valence-corrected chi connectivity index (χ1v) is 4.63. The van der Waals surface area contributed by atoms with Gasteiger partial charge in [-0.05, 0) is 6.42 Å². The SMILES string of the molecule is Cn1cc(C(=O)NC2CCOC2)cn1. The van der Waals surface area contributed by atoms with Crippen molar-refractivity contribution in [2.24, 2.45) is 7.05 Å². The highest BCUT2D eigenvalue weighted by Crippen LogP contribution is 2.05. The van der Waals surface area contributed by atoms with Crippen LogP contribution in [0.1, 0.15) is 16.8 Å². The van der Waals surface area contributed by atoms with Gasteiger partial charge in [0.15, 0.2) is 0 Å². The zero-order valence-corrected chi connectivity index (χ0v) is 8.06. The van der Waals surface area contributed by atoms with Gasteiger partial charge in [-0.2, -0.15) is 5.10 Å². The van der Waals surface area contributed by atoms with E-state index in [1.54, 1.807) is 24.1 Å². The molecule has 1 fully saturated rings. The molecule has 0 spiro atoms. The smallest absolute Gasteiger partial charge is 0.254 e. The first-order valence-electron chi connectivity index (χ1n) is 4.63. The van der Waals surface area contributed by atoms with Crippen LogP contribution in [0.3, 0.4) is 0 Å². The fourth-order valence-corrected chi connectivity index (χ4v) is 1.46. The molecule has 0 bridgehead atoms. The molecule has 5 nitrogen and oxygen atoms in total. The molecule has 1 aromatic heterocycles. The highest BCUT2D eigenvalue weighted by molar-refractivity contribution is 5.93. The summed E-state index contributed by atoms with van der Waals surface area (Å²) >= 11 is 0. The number of aryl methyl sites for hydroxylation is 1. The van der Waals surface area contributed by atoms with Crippen molar-refractivity contribution in [3.05, 3.63) is 18.0 Å². The second kappa shape index (κ2) is 3.79. The van der Waals surface area contributed by atoms with E-state index in [0.29, 0.717) is 12.2 Å². The molecule has 1 aliphatic rings. The summed E-state index contributed by atoms with van der Waals surface area (Å²) in [6.07, 6.45) is 4.16. The van der Waals surface area contributed by atoms with Crippen molar-refractivity contribution in [1.82, 2.24) is 15.1 Å². The molecule has 76 valence electrons. The fourth-order valence-electron chi connectivity index (χ4n) is 1.46. The first-order chi connectivity index (χ1) is 6.75. The average molecular weight is 195 g/mol. The number of nitrogens with one attached hydrogen (secondary N) is 1. The molecule has 1 aliphatic heterocycles. The van der Waals surface area contributed by atoms with E-state index in [1.165, 1.54) is 0 Å². The van der Waals surface area contributed by atoms with Crippen LogP contribution in [-0.4, -0.2) is 34.9 Å². The minimum Gasteiger partial charge on any atom is -0.379 e. The Kier molecular flexibility index (Phi) is 2.49. The predicted octanol–water partition coefficient (Wildman–Crippen LogP) is -0.0612. The number of amides is 1. The molecule has 0 aromatic carbocycles. The zero-order chi connectivity index (χ0) is 9.97. The molecule has 14 heavy (non-hydrogen) atoms. The Morgan fingerprint density at radius 1 is 1.79 bits per heavy atom. The van der Waals surface area contributed by atoms with Crippen molar-refractivity contribution in [1.29, 1.82) is 0 Å². The molecule has 0 aliphatic carbocycles. The minimum atomic E-state index is -0.0754. The topological polar surface area (TPSA) is 56.2 Å². The van der Waals surface area contributed by atoms with Crippen LogP contribution in [0.15, 0.2) is 12.4 Å². The monoisotopic (exact) mass is 195 g/mol. The number of rotatable bonds is 2. The third-order valence-electron chi connectivity index (χ3n) is 2.23. The lowest BCUT2D eigenvalue weighted by Gasteiger charge is -2.08. The molecule has 1 unspecified atom stereocenters. The largest absolute Gasteiger partial charge is 0.379 e. The summed E-state index contributed by atoms with van der Waals surface area (Å²) in [5, 5.41) is 6.83. The molecule has 1 saturated heterocycles. The predicted molar refractivity (Wildman–Crippen MR) is 49.9 cm³/mol. The number of carbonyl (C=O) groups is 1. The molecular formula is C9H13N3O2. The number of carbonyl (C=O) groups excluding carboxylic acids is 1. The van der Waals surface area contributed by atoms with Gasteiger partial charge in [-0.25, -0.2) is 0 Å². The number of hydrogen-bond donors (Lipinski definition) is 1. The Bertz CT molecular complexity index is 329. The first kappa shape index (κ1) is 9.21. The summed E-state index contributed by atoms with van der Waals surface area (Å²) in [7, 11) is 1.79. The zero-order valence-electron chi connectivity index (χ0n) is 8.06. The van der Waals surface area contributed by atoms with Gasteiger partial charge in [0, 0.05) is 19.9 Å². The lowest BCUT2D eigenvalue weighted by Crippen LogP contribution is -2.34. The fraction of sp³-hybridized carbons (Fsp3) is 0.556.